The van der Waals surface area contributed by atoms with Crippen molar-refractivity contribution in [3.05, 3.63) is 69.2 Å². The van der Waals surface area contributed by atoms with Crippen LogP contribution in [0.15, 0.2) is 46.9 Å². The third-order valence-electron chi connectivity index (χ3n) is 3.87. The number of halogens is 1. The van der Waals surface area contributed by atoms with Crippen molar-refractivity contribution >= 4 is 15.9 Å². The fourth-order valence-electron chi connectivity index (χ4n) is 2.46. The molecule has 0 aliphatic rings. The molecule has 0 aromatic heterocycles. The van der Waals surface area contributed by atoms with Gasteiger partial charge in [-0.3, -0.25) is 0 Å². The molecule has 0 fully saturated rings. The summed E-state index contributed by atoms with van der Waals surface area (Å²) in [6, 6.07) is 15.3. The zero-order valence-corrected chi connectivity index (χ0v) is 13.8. The molecule has 20 heavy (non-hydrogen) atoms. The van der Waals surface area contributed by atoms with Crippen molar-refractivity contribution in [3.63, 3.8) is 0 Å². The highest BCUT2D eigenvalue weighted by Gasteiger charge is 2.09. The smallest absolute Gasteiger partial charge is 0.0175 e. The summed E-state index contributed by atoms with van der Waals surface area (Å²) in [4.78, 5) is 0. The maximum Gasteiger partial charge on any atom is 0.0175 e. The van der Waals surface area contributed by atoms with E-state index in [0.29, 0.717) is 5.92 Å². The van der Waals surface area contributed by atoms with Crippen molar-refractivity contribution < 1.29 is 0 Å². The standard InChI is InChI=1S/C18H22BrN/c1-13-3-4-16(9-14(13)2)11-17(12-20)10-15-5-7-18(19)8-6-15/h3-9,17H,10-12,20H2,1-2H3. The first kappa shape index (κ1) is 15.3. The number of hydrogen-bond donors (Lipinski definition) is 1. The topological polar surface area (TPSA) is 26.0 Å². The first-order valence-electron chi connectivity index (χ1n) is 7.09. The lowest BCUT2D eigenvalue weighted by atomic mass is 9.91. The fraction of sp³-hybridized carbons (Fsp3) is 0.333. The van der Waals surface area contributed by atoms with E-state index < -0.39 is 0 Å². The predicted molar refractivity (Wildman–Crippen MR) is 90.0 cm³/mol. The van der Waals surface area contributed by atoms with Crippen molar-refractivity contribution in [2.75, 3.05) is 6.54 Å². The lowest BCUT2D eigenvalue weighted by Gasteiger charge is -2.16. The van der Waals surface area contributed by atoms with Crippen LogP contribution in [0.5, 0.6) is 0 Å². The molecule has 106 valence electrons. The van der Waals surface area contributed by atoms with Crippen molar-refractivity contribution in [2.45, 2.75) is 26.7 Å². The minimum Gasteiger partial charge on any atom is -0.330 e. The quantitative estimate of drug-likeness (QED) is 0.861. The molecule has 1 nitrogen and oxygen atoms in total. The summed E-state index contributed by atoms with van der Waals surface area (Å²) in [7, 11) is 0. The van der Waals surface area contributed by atoms with Crippen molar-refractivity contribution in [1.29, 1.82) is 0 Å². The lowest BCUT2D eigenvalue weighted by molar-refractivity contribution is 0.533. The molecule has 0 saturated heterocycles. The molecule has 0 saturated carbocycles. The highest BCUT2D eigenvalue weighted by Crippen LogP contribution is 2.18. The van der Waals surface area contributed by atoms with E-state index in [0.717, 1.165) is 23.9 Å². The van der Waals surface area contributed by atoms with Gasteiger partial charge in [-0.1, -0.05) is 46.3 Å². The van der Waals surface area contributed by atoms with Gasteiger partial charge in [0.25, 0.3) is 0 Å². The second-order valence-corrected chi connectivity index (χ2v) is 6.47. The van der Waals surface area contributed by atoms with Gasteiger partial charge in [0.15, 0.2) is 0 Å². The highest BCUT2D eigenvalue weighted by atomic mass is 79.9. The third kappa shape index (κ3) is 4.19. The summed E-state index contributed by atoms with van der Waals surface area (Å²) in [6.45, 7) is 5.05. The van der Waals surface area contributed by atoms with Crippen LogP contribution in [-0.2, 0) is 12.8 Å². The van der Waals surface area contributed by atoms with Crippen molar-refractivity contribution in [3.8, 4) is 0 Å². The molecule has 0 heterocycles. The molecule has 0 aliphatic heterocycles. The molecule has 2 N–H and O–H groups in total. The van der Waals surface area contributed by atoms with E-state index in [4.69, 9.17) is 5.73 Å². The van der Waals surface area contributed by atoms with Crippen LogP contribution in [0.1, 0.15) is 22.3 Å². The number of nitrogens with two attached hydrogens (primary N) is 1. The van der Waals surface area contributed by atoms with E-state index in [1.54, 1.807) is 0 Å². The SMILES string of the molecule is Cc1ccc(CC(CN)Cc2ccc(Br)cc2)cc1C. The predicted octanol–water partition coefficient (Wildman–Crippen LogP) is 4.43. The van der Waals surface area contributed by atoms with Crippen molar-refractivity contribution in [2.24, 2.45) is 11.7 Å². The molecule has 2 aromatic carbocycles. The second kappa shape index (κ2) is 7.05. The average Bonchev–Trinajstić information content (AvgIpc) is 2.44. The molecule has 2 rings (SSSR count). The Morgan fingerprint density at radius 1 is 0.900 bits per heavy atom. The Morgan fingerprint density at radius 3 is 2.10 bits per heavy atom. The monoisotopic (exact) mass is 331 g/mol. The second-order valence-electron chi connectivity index (χ2n) is 5.56. The lowest BCUT2D eigenvalue weighted by Crippen LogP contribution is -2.19. The van der Waals surface area contributed by atoms with E-state index in [1.807, 2.05) is 0 Å². The van der Waals surface area contributed by atoms with Crippen LogP contribution >= 0.6 is 15.9 Å². The molecular weight excluding hydrogens is 310 g/mol. The summed E-state index contributed by atoms with van der Waals surface area (Å²) in [6.07, 6.45) is 2.09. The molecule has 2 aromatic rings. The largest absolute Gasteiger partial charge is 0.330 e. The zero-order valence-electron chi connectivity index (χ0n) is 12.2. The van der Waals surface area contributed by atoms with Crippen molar-refractivity contribution in [1.82, 2.24) is 0 Å². The maximum atomic E-state index is 5.96. The molecule has 0 aliphatic carbocycles. The molecule has 0 spiro atoms. The number of rotatable bonds is 5. The Bertz CT molecular complexity index is 560. The average molecular weight is 332 g/mol. The van der Waals surface area contributed by atoms with Gasteiger partial charge < -0.3 is 5.73 Å². The minimum absolute atomic E-state index is 0.498. The molecule has 1 atom stereocenters. The number of aryl methyl sites for hydroxylation is 2. The van der Waals surface area contributed by atoms with Gasteiger partial charge in [-0.05, 0) is 73.5 Å². The Kier molecular flexibility index (Phi) is 5.38. The van der Waals surface area contributed by atoms with E-state index in [-0.39, 0.29) is 0 Å². The summed E-state index contributed by atoms with van der Waals surface area (Å²) in [5.41, 5.74) is 11.4. The summed E-state index contributed by atoms with van der Waals surface area (Å²) in [5, 5.41) is 0. The number of benzene rings is 2. The van der Waals surface area contributed by atoms with E-state index in [2.05, 4.69) is 72.2 Å². The molecule has 1 unspecified atom stereocenters. The van der Waals surface area contributed by atoms with Crippen LogP contribution < -0.4 is 5.73 Å². The Morgan fingerprint density at radius 2 is 1.50 bits per heavy atom. The van der Waals surface area contributed by atoms with Gasteiger partial charge in [-0.2, -0.15) is 0 Å². The van der Waals surface area contributed by atoms with Gasteiger partial charge in [-0.25, -0.2) is 0 Å². The van der Waals surface area contributed by atoms with E-state index >= 15 is 0 Å². The normalized spacial score (nSPS) is 12.4. The Balaban J connectivity index is 2.04. The zero-order chi connectivity index (χ0) is 14.5. The molecule has 2 heteroatoms. The number of hydrogen-bond acceptors (Lipinski definition) is 1. The maximum absolute atomic E-state index is 5.96. The van der Waals surface area contributed by atoms with Crippen LogP contribution in [-0.4, -0.2) is 6.54 Å². The van der Waals surface area contributed by atoms with Crippen LogP contribution in [0.4, 0.5) is 0 Å². The molecule has 0 radical (unpaired) electrons. The van der Waals surface area contributed by atoms with Crippen LogP contribution in [0.2, 0.25) is 0 Å². The summed E-state index contributed by atoms with van der Waals surface area (Å²) in [5.74, 6) is 0.498. The van der Waals surface area contributed by atoms with Gasteiger partial charge in [-0.15, -0.1) is 0 Å². The molecule has 0 amide bonds. The first-order chi connectivity index (χ1) is 9.58. The fourth-order valence-corrected chi connectivity index (χ4v) is 2.72. The van der Waals surface area contributed by atoms with Crippen LogP contribution in [0.25, 0.3) is 0 Å². The summed E-state index contributed by atoms with van der Waals surface area (Å²) >= 11 is 3.47. The Hall–Kier alpha value is -1.12. The molecule has 0 bridgehead atoms. The van der Waals surface area contributed by atoms with Gasteiger partial charge in [0.05, 0.1) is 0 Å². The third-order valence-corrected chi connectivity index (χ3v) is 4.40. The minimum atomic E-state index is 0.498. The highest BCUT2D eigenvalue weighted by molar-refractivity contribution is 9.10. The Labute approximate surface area is 130 Å². The van der Waals surface area contributed by atoms with E-state index in [1.165, 1.54) is 22.3 Å². The molecular formula is C18H22BrN. The van der Waals surface area contributed by atoms with Crippen LogP contribution in [0.3, 0.4) is 0 Å². The van der Waals surface area contributed by atoms with Gasteiger partial charge >= 0.3 is 0 Å². The first-order valence-corrected chi connectivity index (χ1v) is 7.88. The van der Waals surface area contributed by atoms with Gasteiger partial charge in [0.1, 0.15) is 0 Å². The van der Waals surface area contributed by atoms with Crippen LogP contribution in [0, 0.1) is 19.8 Å². The van der Waals surface area contributed by atoms with E-state index in [9.17, 15) is 0 Å². The van der Waals surface area contributed by atoms with Gasteiger partial charge in [0, 0.05) is 4.47 Å². The summed E-state index contributed by atoms with van der Waals surface area (Å²) < 4.78 is 1.12. The van der Waals surface area contributed by atoms with Gasteiger partial charge in [0.2, 0.25) is 0 Å².